The standard InChI is InChI=1S/C11H6ClN3OS/c12-9-4-3-7(6-13-9)10-14-11(17-15-10)8-2-1-5-16-8/h1-6H. The van der Waals surface area contributed by atoms with E-state index >= 15 is 0 Å². The highest BCUT2D eigenvalue weighted by Gasteiger charge is 2.10. The van der Waals surface area contributed by atoms with E-state index in [1.807, 2.05) is 18.2 Å². The van der Waals surface area contributed by atoms with Gasteiger partial charge in [-0.1, -0.05) is 11.6 Å². The lowest BCUT2D eigenvalue weighted by Crippen LogP contribution is -1.82. The number of nitrogens with zero attached hydrogens (tertiary/aromatic N) is 3. The van der Waals surface area contributed by atoms with Crippen LogP contribution in [0.3, 0.4) is 0 Å². The zero-order valence-electron chi connectivity index (χ0n) is 8.50. The van der Waals surface area contributed by atoms with Crippen molar-refractivity contribution in [3.05, 3.63) is 41.9 Å². The molecule has 17 heavy (non-hydrogen) atoms. The summed E-state index contributed by atoms with van der Waals surface area (Å²) in [6, 6.07) is 7.22. The second kappa shape index (κ2) is 4.27. The van der Waals surface area contributed by atoms with E-state index in [1.54, 1.807) is 18.5 Å². The van der Waals surface area contributed by atoms with Crippen molar-refractivity contribution >= 4 is 23.1 Å². The average molecular weight is 264 g/mol. The van der Waals surface area contributed by atoms with E-state index in [0.717, 1.165) is 16.3 Å². The molecule has 3 aromatic heterocycles. The van der Waals surface area contributed by atoms with Crippen LogP contribution in [-0.4, -0.2) is 14.3 Å². The van der Waals surface area contributed by atoms with Crippen LogP contribution in [-0.2, 0) is 0 Å². The predicted molar refractivity (Wildman–Crippen MR) is 65.9 cm³/mol. The first-order valence-electron chi connectivity index (χ1n) is 4.82. The first-order valence-corrected chi connectivity index (χ1v) is 5.97. The zero-order chi connectivity index (χ0) is 11.7. The normalized spacial score (nSPS) is 10.6. The molecule has 0 atom stereocenters. The van der Waals surface area contributed by atoms with Gasteiger partial charge in [-0.3, -0.25) is 0 Å². The van der Waals surface area contributed by atoms with Crippen molar-refractivity contribution in [3.63, 3.8) is 0 Å². The largest absolute Gasteiger partial charge is 0.462 e. The highest BCUT2D eigenvalue weighted by Crippen LogP contribution is 2.26. The molecule has 0 spiro atoms. The summed E-state index contributed by atoms with van der Waals surface area (Å²) in [6.07, 6.45) is 3.26. The van der Waals surface area contributed by atoms with Crippen molar-refractivity contribution < 1.29 is 4.42 Å². The van der Waals surface area contributed by atoms with Crippen LogP contribution in [0.2, 0.25) is 5.15 Å². The quantitative estimate of drug-likeness (QED) is 0.664. The Bertz CT molecular complexity index is 618. The second-order valence-electron chi connectivity index (χ2n) is 3.27. The van der Waals surface area contributed by atoms with Crippen molar-refractivity contribution in [2.75, 3.05) is 0 Å². The molecule has 0 saturated carbocycles. The minimum Gasteiger partial charge on any atom is -0.462 e. The molecule has 0 saturated heterocycles. The average Bonchev–Trinajstić information content (AvgIpc) is 3.00. The Morgan fingerprint density at radius 2 is 2.18 bits per heavy atom. The van der Waals surface area contributed by atoms with Gasteiger partial charge in [-0.15, -0.1) is 0 Å². The number of rotatable bonds is 2. The van der Waals surface area contributed by atoms with E-state index in [-0.39, 0.29) is 0 Å². The van der Waals surface area contributed by atoms with Crippen molar-refractivity contribution in [2.24, 2.45) is 0 Å². The van der Waals surface area contributed by atoms with E-state index < -0.39 is 0 Å². The van der Waals surface area contributed by atoms with Crippen LogP contribution in [0.4, 0.5) is 0 Å². The molecule has 0 fully saturated rings. The van der Waals surface area contributed by atoms with Crippen LogP contribution in [0.1, 0.15) is 0 Å². The van der Waals surface area contributed by atoms with Crippen molar-refractivity contribution in [2.45, 2.75) is 0 Å². The maximum Gasteiger partial charge on any atom is 0.179 e. The summed E-state index contributed by atoms with van der Waals surface area (Å²) in [7, 11) is 0. The Hall–Kier alpha value is -1.72. The molecule has 4 nitrogen and oxygen atoms in total. The fourth-order valence-electron chi connectivity index (χ4n) is 1.35. The van der Waals surface area contributed by atoms with Crippen LogP contribution in [0, 0.1) is 0 Å². The lowest BCUT2D eigenvalue weighted by atomic mass is 10.3. The number of hydrogen-bond acceptors (Lipinski definition) is 5. The summed E-state index contributed by atoms with van der Waals surface area (Å²) in [4.78, 5) is 8.38. The molecule has 0 aliphatic heterocycles. The Morgan fingerprint density at radius 3 is 2.88 bits per heavy atom. The summed E-state index contributed by atoms with van der Waals surface area (Å²) in [6.45, 7) is 0. The third-order valence-corrected chi connectivity index (χ3v) is 3.10. The molecule has 0 bridgehead atoms. The summed E-state index contributed by atoms with van der Waals surface area (Å²) < 4.78 is 9.52. The lowest BCUT2D eigenvalue weighted by Gasteiger charge is -1.93. The smallest absolute Gasteiger partial charge is 0.179 e. The Balaban J connectivity index is 1.98. The number of hydrogen-bond donors (Lipinski definition) is 0. The Morgan fingerprint density at radius 1 is 1.24 bits per heavy atom. The van der Waals surface area contributed by atoms with E-state index in [1.165, 1.54) is 11.5 Å². The van der Waals surface area contributed by atoms with Gasteiger partial charge >= 0.3 is 0 Å². The van der Waals surface area contributed by atoms with Crippen molar-refractivity contribution in [1.29, 1.82) is 0 Å². The van der Waals surface area contributed by atoms with Crippen LogP contribution in [0.15, 0.2) is 41.1 Å². The molecule has 3 rings (SSSR count). The predicted octanol–water partition coefficient (Wildman–Crippen LogP) is 3.51. The van der Waals surface area contributed by atoms with E-state index in [9.17, 15) is 0 Å². The van der Waals surface area contributed by atoms with Crippen LogP contribution < -0.4 is 0 Å². The van der Waals surface area contributed by atoms with Crippen LogP contribution in [0.25, 0.3) is 22.2 Å². The molecular weight excluding hydrogens is 258 g/mol. The van der Waals surface area contributed by atoms with Crippen LogP contribution >= 0.6 is 23.1 Å². The summed E-state index contributed by atoms with van der Waals surface area (Å²) >= 11 is 7.01. The van der Waals surface area contributed by atoms with Gasteiger partial charge in [-0.05, 0) is 35.8 Å². The minimum atomic E-state index is 0.454. The molecule has 0 N–H and O–H groups in total. The fraction of sp³-hybridized carbons (Fsp3) is 0. The lowest BCUT2D eigenvalue weighted by molar-refractivity contribution is 0.582. The number of halogens is 1. The third-order valence-electron chi connectivity index (χ3n) is 2.14. The molecule has 0 aromatic carbocycles. The molecule has 0 aliphatic rings. The molecule has 0 aliphatic carbocycles. The molecule has 3 aromatic rings. The molecule has 6 heteroatoms. The molecule has 0 amide bonds. The van der Waals surface area contributed by atoms with E-state index in [2.05, 4.69) is 14.3 Å². The van der Waals surface area contributed by atoms with Crippen molar-refractivity contribution in [1.82, 2.24) is 14.3 Å². The SMILES string of the molecule is Clc1ccc(-c2nsc(-c3ccco3)n2)cn1. The van der Waals surface area contributed by atoms with Gasteiger partial charge < -0.3 is 4.42 Å². The molecule has 0 radical (unpaired) electrons. The van der Waals surface area contributed by atoms with Gasteiger partial charge in [0.2, 0.25) is 0 Å². The second-order valence-corrected chi connectivity index (χ2v) is 4.41. The number of furan rings is 1. The summed E-state index contributed by atoms with van der Waals surface area (Å²) in [5.41, 5.74) is 0.837. The topological polar surface area (TPSA) is 51.8 Å². The number of aromatic nitrogens is 3. The maximum absolute atomic E-state index is 5.72. The monoisotopic (exact) mass is 263 g/mol. The van der Waals surface area contributed by atoms with Gasteiger partial charge in [0.15, 0.2) is 16.6 Å². The summed E-state index contributed by atoms with van der Waals surface area (Å²) in [5, 5.41) is 1.20. The van der Waals surface area contributed by atoms with E-state index in [4.69, 9.17) is 16.0 Å². The highest BCUT2D eigenvalue weighted by molar-refractivity contribution is 7.09. The molecular formula is C11H6ClN3OS. The zero-order valence-corrected chi connectivity index (χ0v) is 10.1. The molecule has 0 unspecified atom stereocenters. The first-order chi connectivity index (χ1) is 8.33. The van der Waals surface area contributed by atoms with E-state index in [0.29, 0.717) is 11.0 Å². The fourth-order valence-corrected chi connectivity index (χ4v) is 2.11. The third kappa shape index (κ3) is 2.07. The Labute approximate surface area is 106 Å². The van der Waals surface area contributed by atoms with Crippen LogP contribution in [0.5, 0.6) is 0 Å². The van der Waals surface area contributed by atoms with Gasteiger partial charge in [0.05, 0.1) is 6.26 Å². The van der Waals surface area contributed by atoms with Crippen molar-refractivity contribution in [3.8, 4) is 22.2 Å². The maximum atomic E-state index is 5.72. The highest BCUT2D eigenvalue weighted by atomic mass is 35.5. The first kappa shape index (κ1) is 10.4. The van der Waals surface area contributed by atoms with Gasteiger partial charge in [-0.25, -0.2) is 9.97 Å². The van der Waals surface area contributed by atoms with Gasteiger partial charge in [0.1, 0.15) is 5.15 Å². The minimum absolute atomic E-state index is 0.454. The van der Waals surface area contributed by atoms with Gasteiger partial charge in [-0.2, -0.15) is 4.37 Å². The summed E-state index contributed by atoms with van der Waals surface area (Å²) in [5.74, 6) is 1.35. The van der Waals surface area contributed by atoms with Gasteiger partial charge in [0, 0.05) is 11.8 Å². The Kier molecular flexibility index (Phi) is 2.62. The molecule has 3 heterocycles. The molecule has 84 valence electrons. The van der Waals surface area contributed by atoms with Gasteiger partial charge in [0.25, 0.3) is 0 Å². The number of pyridine rings is 1.